The highest BCUT2D eigenvalue weighted by atomic mass is 16.7. The normalized spacial score (nSPS) is 26.6. The topological polar surface area (TPSA) is 78.1 Å². The fourth-order valence-electron chi connectivity index (χ4n) is 2.16. The second-order valence-corrected chi connectivity index (χ2v) is 5.11. The molecule has 108 valence electrons. The van der Waals surface area contributed by atoms with Gasteiger partial charge >= 0.3 is 0 Å². The highest BCUT2D eigenvalue weighted by Gasteiger charge is 2.42. The maximum absolute atomic E-state index is 5.97. The van der Waals surface area contributed by atoms with Gasteiger partial charge in [-0.3, -0.25) is 0 Å². The van der Waals surface area contributed by atoms with Crippen LogP contribution in [0.25, 0.3) is 0 Å². The van der Waals surface area contributed by atoms with Crippen molar-refractivity contribution in [2.45, 2.75) is 31.7 Å². The predicted octanol–water partition coefficient (Wildman–Crippen LogP) is 0.389. The minimum Gasteiger partial charge on any atom is -0.381 e. The minimum absolute atomic E-state index is 0.0108. The average Bonchev–Trinajstić information content (AvgIpc) is 2.78. The maximum atomic E-state index is 5.97. The van der Waals surface area contributed by atoms with Gasteiger partial charge in [0.05, 0.1) is 26.4 Å². The first-order chi connectivity index (χ1) is 9.10. The monoisotopic (exact) mass is 269 g/mol. The minimum atomic E-state index is -0.436. The molecule has 2 saturated heterocycles. The number of nitrogens with zero attached hydrogens (tertiary/aromatic N) is 1. The number of nitrogens with one attached hydrogen (secondary N) is 1. The molecule has 0 amide bonds. The van der Waals surface area contributed by atoms with Crippen LogP contribution < -0.4 is 11.1 Å². The van der Waals surface area contributed by atoms with Gasteiger partial charge in [0.2, 0.25) is 0 Å². The Bertz CT molecular complexity index is 351. The first-order valence-electron chi connectivity index (χ1n) is 6.67. The molecule has 6 nitrogen and oxygen atoms in total. The van der Waals surface area contributed by atoms with Crippen molar-refractivity contribution in [3.63, 3.8) is 0 Å². The molecule has 6 heteroatoms. The molecule has 19 heavy (non-hydrogen) atoms. The van der Waals surface area contributed by atoms with Crippen LogP contribution in [0.4, 0.5) is 0 Å². The Labute approximate surface area is 114 Å². The lowest BCUT2D eigenvalue weighted by Crippen LogP contribution is -2.41. The summed E-state index contributed by atoms with van der Waals surface area (Å²) in [5.74, 6) is -0.0201. The molecule has 2 rings (SSSR count). The summed E-state index contributed by atoms with van der Waals surface area (Å²) in [6.07, 6.45) is 1.60. The molecule has 0 aliphatic carbocycles. The van der Waals surface area contributed by atoms with Crippen LogP contribution in [0.2, 0.25) is 0 Å². The summed E-state index contributed by atoms with van der Waals surface area (Å²) >= 11 is 0. The van der Waals surface area contributed by atoms with Crippen LogP contribution in [0.15, 0.2) is 17.1 Å². The Kier molecular flexibility index (Phi) is 4.79. The molecule has 2 heterocycles. The lowest BCUT2D eigenvalue weighted by molar-refractivity contribution is -0.210. The SMILES string of the molecule is C=C(C)CN=C(N)NCC1COC2(CCOCC2)O1. The van der Waals surface area contributed by atoms with Crippen molar-refractivity contribution in [1.82, 2.24) is 5.32 Å². The van der Waals surface area contributed by atoms with E-state index in [9.17, 15) is 0 Å². The van der Waals surface area contributed by atoms with E-state index in [1.54, 1.807) is 0 Å². The Morgan fingerprint density at radius 3 is 2.89 bits per heavy atom. The molecule has 3 N–H and O–H groups in total. The van der Waals surface area contributed by atoms with Gasteiger partial charge in [0.1, 0.15) is 6.10 Å². The zero-order chi connectivity index (χ0) is 13.7. The van der Waals surface area contributed by atoms with Crippen molar-refractivity contribution >= 4 is 5.96 Å². The van der Waals surface area contributed by atoms with E-state index in [4.69, 9.17) is 19.9 Å². The lowest BCUT2D eigenvalue weighted by atomic mass is 10.1. The summed E-state index contributed by atoms with van der Waals surface area (Å²) in [7, 11) is 0. The smallest absolute Gasteiger partial charge is 0.188 e. The largest absolute Gasteiger partial charge is 0.381 e. The molecular formula is C13H23N3O3. The van der Waals surface area contributed by atoms with Gasteiger partial charge in [-0.15, -0.1) is 0 Å². The number of guanidine groups is 1. The van der Waals surface area contributed by atoms with Crippen LogP contribution in [0.5, 0.6) is 0 Å². The molecule has 0 saturated carbocycles. The molecule has 0 aromatic rings. The quantitative estimate of drug-likeness (QED) is 0.438. The third-order valence-electron chi connectivity index (χ3n) is 3.20. The Hall–Kier alpha value is -1.11. The molecule has 2 fully saturated rings. The Morgan fingerprint density at radius 1 is 1.47 bits per heavy atom. The van der Waals surface area contributed by atoms with E-state index < -0.39 is 5.79 Å². The first kappa shape index (κ1) is 14.3. The van der Waals surface area contributed by atoms with Crippen molar-refractivity contribution < 1.29 is 14.2 Å². The van der Waals surface area contributed by atoms with Crippen LogP contribution in [-0.2, 0) is 14.2 Å². The van der Waals surface area contributed by atoms with Gasteiger partial charge in [-0.05, 0) is 6.92 Å². The van der Waals surface area contributed by atoms with Crippen molar-refractivity contribution in [2.75, 3.05) is 32.9 Å². The van der Waals surface area contributed by atoms with Crippen LogP contribution in [0.3, 0.4) is 0 Å². The van der Waals surface area contributed by atoms with Crippen LogP contribution in [0.1, 0.15) is 19.8 Å². The van der Waals surface area contributed by atoms with E-state index in [1.165, 1.54) is 0 Å². The third-order valence-corrected chi connectivity index (χ3v) is 3.20. The van der Waals surface area contributed by atoms with Gasteiger partial charge in [-0.25, -0.2) is 4.99 Å². The fourth-order valence-corrected chi connectivity index (χ4v) is 2.16. The third kappa shape index (κ3) is 4.19. The lowest BCUT2D eigenvalue weighted by Gasteiger charge is -2.31. The number of ether oxygens (including phenoxy) is 3. The molecular weight excluding hydrogens is 246 g/mol. The van der Waals surface area contributed by atoms with E-state index in [1.807, 2.05) is 6.92 Å². The first-order valence-corrected chi connectivity index (χ1v) is 6.67. The molecule has 2 aliphatic rings. The maximum Gasteiger partial charge on any atom is 0.188 e. The molecule has 1 unspecified atom stereocenters. The number of rotatable bonds is 4. The highest BCUT2D eigenvalue weighted by Crippen LogP contribution is 2.32. The van der Waals surface area contributed by atoms with Gasteiger partial charge < -0.3 is 25.3 Å². The summed E-state index contributed by atoms with van der Waals surface area (Å²) in [5, 5.41) is 3.05. The second kappa shape index (κ2) is 6.36. The molecule has 1 spiro atoms. The number of nitrogens with two attached hydrogens (primary N) is 1. The number of aliphatic imine (C=N–C) groups is 1. The molecule has 0 bridgehead atoms. The summed E-state index contributed by atoms with van der Waals surface area (Å²) < 4.78 is 17.1. The highest BCUT2D eigenvalue weighted by molar-refractivity contribution is 5.77. The predicted molar refractivity (Wildman–Crippen MR) is 72.9 cm³/mol. The summed E-state index contributed by atoms with van der Waals surface area (Å²) in [4.78, 5) is 4.16. The molecule has 0 aromatic heterocycles. The Morgan fingerprint density at radius 2 is 2.21 bits per heavy atom. The van der Waals surface area contributed by atoms with Crippen molar-refractivity contribution in [3.8, 4) is 0 Å². The molecule has 0 aromatic carbocycles. The zero-order valence-electron chi connectivity index (χ0n) is 11.5. The molecule has 0 radical (unpaired) electrons. The van der Waals surface area contributed by atoms with E-state index in [0.717, 1.165) is 18.4 Å². The van der Waals surface area contributed by atoms with E-state index >= 15 is 0 Å². The van der Waals surface area contributed by atoms with Crippen molar-refractivity contribution in [2.24, 2.45) is 10.7 Å². The van der Waals surface area contributed by atoms with Gasteiger partial charge in [0.15, 0.2) is 11.7 Å². The molecule has 1 atom stereocenters. The van der Waals surface area contributed by atoms with Crippen LogP contribution in [0, 0.1) is 0 Å². The van der Waals surface area contributed by atoms with E-state index in [2.05, 4.69) is 16.9 Å². The number of hydrogen-bond acceptors (Lipinski definition) is 4. The summed E-state index contributed by atoms with van der Waals surface area (Å²) in [5.41, 5.74) is 6.73. The molecule has 2 aliphatic heterocycles. The fraction of sp³-hybridized carbons (Fsp3) is 0.769. The van der Waals surface area contributed by atoms with Crippen molar-refractivity contribution in [3.05, 3.63) is 12.2 Å². The Balaban J connectivity index is 1.73. The van der Waals surface area contributed by atoms with Gasteiger partial charge in [-0.1, -0.05) is 12.2 Å². The van der Waals surface area contributed by atoms with Gasteiger partial charge in [0.25, 0.3) is 0 Å². The van der Waals surface area contributed by atoms with Gasteiger partial charge in [-0.2, -0.15) is 0 Å². The standard InChI is InChI=1S/C13H23N3O3/c1-10(2)7-15-12(14)16-8-11-9-18-13(19-11)3-5-17-6-4-13/h11H,1,3-9H2,2H3,(H3,14,15,16). The summed E-state index contributed by atoms with van der Waals surface area (Å²) in [6, 6.07) is 0. The van der Waals surface area contributed by atoms with Crippen LogP contribution >= 0.6 is 0 Å². The average molecular weight is 269 g/mol. The van der Waals surface area contributed by atoms with E-state index in [0.29, 0.717) is 38.9 Å². The zero-order valence-corrected chi connectivity index (χ0v) is 11.5. The second-order valence-electron chi connectivity index (χ2n) is 5.11. The summed E-state index contributed by atoms with van der Waals surface area (Å²) in [6.45, 7) is 8.82. The van der Waals surface area contributed by atoms with Gasteiger partial charge in [0, 0.05) is 19.4 Å². The number of hydrogen-bond donors (Lipinski definition) is 2. The van der Waals surface area contributed by atoms with Crippen molar-refractivity contribution in [1.29, 1.82) is 0 Å². The van der Waals surface area contributed by atoms with Crippen LogP contribution in [-0.4, -0.2) is 50.8 Å². The van der Waals surface area contributed by atoms with E-state index in [-0.39, 0.29) is 6.10 Å².